The topological polar surface area (TPSA) is 63.2 Å². The third-order valence-corrected chi connectivity index (χ3v) is 5.68. The van der Waals surface area contributed by atoms with Crippen LogP contribution >= 0.6 is 23.4 Å². The summed E-state index contributed by atoms with van der Waals surface area (Å²) in [6.07, 6.45) is 1.78. The molecule has 0 aliphatic heterocycles. The van der Waals surface area contributed by atoms with Crippen molar-refractivity contribution in [1.29, 1.82) is 0 Å². The Kier molecular flexibility index (Phi) is 4.79. The number of hydrogen-bond donors (Lipinski definition) is 1. The molecule has 0 spiro atoms. The number of thioether (sulfide) groups is 1. The zero-order valence-electron chi connectivity index (χ0n) is 14.8. The minimum atomic E-state index is -0.353. The Morgan fingerprint density at radius 2 is 1.50 bits per heavy atom. The van der Waals surface area contributed by atoms with Gasteiger partial charge in [-0.3, -0.25) is 14.4 Å². The van der Waals surface area contributed by atoms with Gasteiger partial charge in [0.25, 0.3) is 5.91 Å². The third kappa shape index (κ3) is 3.03. The third-order valence-electron chi connectivity index (χ3n) is 4.60. The Hall–Kier alpha value is -2.89. The highest BCUT2D eigenvalue weighted by atomic mass is 35.5. The Balaban J connectivity index is 1.79. The van der Waals surface area contributed by atoms with Crippen molar-refractivity contribution in [2.45, 2.75) is 4.90 Å². The Bertz CT molecular complexity index is 1140. The molecule has 0 atom stereocenters. The molecule has 0 unspecified atom stereocenters. The molecule has 3 aromatic carbocycles. The molecule has 4 rings (SSSR count). The van der Waals surface area contributed by atoms with E-state index >= 15 is 0 Å². The highest BCUT2D eigenvalue weighted by Crippen LogP contribution is 2.35. The monoisotopic (exact) mass is 407 g/mol. The van der Waals surface area contributed by atoms with Crippen LogP contribution in [-0.2, 0) is 0 Å². The van der Waals surface area contributed by atoms with Crippen LogP contribution in [-0.4, -0.2) is 23.7 Å². The van der Waals surface area contributed by atoms with Crippen molar-refractivity contribution in [3.05, 3.63) is 93.5 Å². The van der Waals surface area contributed by atoms with Gasteiger partial charge in [0.15, 0.2) is 11.6 Å². The number of nitrogens with one attached hydrogen (secondary N) is 1. The summed E-state index contributed by atoms with van der Waals surface area (Å²) in [7, 11) is 0. The number of rotatable bonds is 3. The molecule has 0 bridgehead atoms. The molecular weight excluding hydrogens is 394 g/mol. The summed E-state index contributed by atoms with van der Waals surface area (Å²) in [6.45, 7) is 0. The Morgan fingerprint density at radius 3 is 2.14 bits per heavy atom. The summed E-state index contributed by atoms with van der Waals surface area (Å²) < 4.78 is 0. The summed E-state index contributed by atoms with van der Waals surface area (Å²) in [5.74, 6) is -0.797. The molecule has 4 nitrogen and oxygen atoms in total. The number of ketones is 2. The average molecular weight is 408 g/mol. The van der Waals surface area contributed by atoms with E-state index in [1.807, 2.05) is 0 Å². The molecule has 6 heteroatoms. The first kappa shape index (κ1) is 18.5. The van der Waals surface area contributed by atoms with Crippen molar-refractivity contribution in [3.8, 4) is 0 Å². The van der Waals surface area contributed by atoms with Crippen LogP contribution in [0.3, 0.4) is 0 Å². The van der Waals surface area contributed by atoms with E-state index in [2.05, 4.69) is 5.32 Å². The van der Waals surface area contributed by atoms with Gasteiger partial charge in [-0.15, -0.1) is 11.8 Å². The van der Waals surface area contributed by atoms with Gasteiger partial charge in [0.05, 0.1) is 5.56 Å². The van der Waals surface area contributed by atoms with Gasteiger partial charge in [-0.25, -0.2) is 0 Å². The van der Waals surface area contributed by atoms with Crippen LogP contribution in [0.15, 0.2) is 65.6 Å². The minimum Gasteiger partial charge on any atom is -0.322 e. The lowest BCUT2D eigenvalue weighted by molar-refractivity contribution is 0.0975. The minimum absolute atomic E-state index is 0.204. The highest BCUT2D eigenvalue weighted by molar-refractivity contribution is 7.98. The van der Waals surface area contributed by atoms with E-state index in [4.69, 9.17) is 11.6 Å². The number of amides is 1. The lowest BCUT2D eigenvalue weighted by Crippen LogP contribution is -2.24. The average Bonchev–Trinajstić information content (AvgIpc) is 2.72. The maximum atomic E-state index is 13.1. The van der Waals surface area contributed by atoms with Crippen LogP contribution < -0.4 is 5.32 Å². The van der Waals surface area contributed by atoms with Crippen LogP contribution in [0.5, 0.6) is 0 Å². The number of carbonyl (C=O) groups excluding carboxylic acids is 3. The van der Waals surface area contributed by atoms with Crippen molar-refractivity contribution in [1.82, 2.24) is 0 Å². The van der Waals surface area contributed by atoms with Crippen molar-refractivity contribution < 1.29 is 14.4 Å². The second kappa shape index (κ2) is 7.26. The van der Waals surface area contributed by atoms with Gasteiger partial charge in [-0.1, -0.05) is 35.9 Å². The van der Waals surface area contributed by atoms with Gasteiger partial charge in [-0.05, 0) is 42.7 Å². The van der Waals surface area contributed by atoms with E-state index in [0.717, 1.165) is 0 Å². The number of halogens is 1. The maximum Gasteiger partial charge on any atom is 0.256 e. The first-order valence-electron chi connectivity index (χ1n) is 8.47. The first-order chi connectivity index (χ1) is 13.5. The second-order valence-electron chi connectivity index (χ2n) is 6.23. The molecule has 0 saturated carbocycles. The van der Waals surface area contributed by atoms with E-state index in [-0.39, 0.29) is 17.5 Å². The summed E-state index contributed by atoms with van der Waals surface area (Å²) in [5, 5.41) is 3.37. The Labute approximate surface area is 170 Å². The summed E-state index contributed by atoms with van der Waals surface area (Å²) in [5.41, 5.74) is 2.32. The van der Waals surface area contributed by atoms with Gasteiger partial charge in [0.1, 0.15) is 0 Å². The van der Waals surface area contributed by atoms with E-state index < -0.39 is 0 Å². The highest BCUT2D eigenvalue weighted by Gasteiger charge is 2.33. The molecule has 0 heterocycles. The standard InChI is InChI=1S/C22H14ClNO3S/c1-28-21-17(22(27)24-13-8-6-12(23)7-9-13)11-10-16-18(21)20(26)15-5-3-2-4-14(15)19(16)25/h2-11H,1H3,(H,24,27). The molecule has 0 aromatic heterocycles. The van der Waals surface area contributed by atoms with Gasteiger partial charge >= 0.3 is 0 Å². The van der Waals surface area contributed by atoms with Gasteiger partial charge in [0.2, 0.25) is 0 Å². The zero-order valence-corrected chi connectivity index (χ0v) is 16.4. The summed E-state index contributed by atoms with van der Waals surface area (Å²) in [6, 6.07) is 16.7. The summed E-state index contributed by atoms with van der Waals surface area (Å²) in [4.78, 5) is 39.3. The molecule has 1 N–H and O–H groups in total. The quantitative estimate of drug-likeness (QED) is 0.480. The number of hydrogen-bond acceptors (Lipinski definition) is 4. The fourth-order valence-electron chi connectivity index (χ4n) is 3.28. The SMILES string of the molecule is CSc1c(C(=O)Nc2ccc(Cl)cc2)ccc2c1C(=O)c1ccccc1C2=O. The smallest absolute Gasteiger partial charge is 0.256 e. The molecule has 1 amide bonds. The number of benzene rings is 3. The molecule has 28 heavy (non-hydrogen) atoms. The van der Waals surface area contributed by atoms with Crippen LogP contribution in [0, 0.1) is 0 Å². The number of anilines is 1. The molecule has 1 aliphatic rings. The normalized spacial score (nSPS) is 12.4. The Morgan fingerprint density at radius 1 is 0.857 bits per heavy atom. The van der Waals surface area contributed by atoms with Crippen molar-refractivity contribution in [2.75, 3.05) is 11.6 Å². The van der Waals surface area contributed by atoms with Crippen LogP contribution in [0.1, 0.15) is 42.2 Å². The van der Waals surface area contributed by atoms with E-state index in [1.54, 1.807) is 66.9 Å². The van der Waals surface area contributed by atoms with Crippen molar-refractivity contribution in [2.24, 2.45) is 0 Å². The maximum absolute atomic E-state index is 13.1. The predicted octanol–water partition coefficient (Wildman–Crippen LogP) is 5.09. The van der Waals surface area contributed by atoms with Gasteiger partial charge in [0, 0.05) is 37.9 Å². The molecule has 0 fully saturated rings. The van der Waals surface area contributed by atoms with Crippen LogP contribution in [0.4, 0.5) is 5.69 Å². The van der Waals surface area contributed by atoms with Crippen molar-refractivity contribution in [3.63, 3.8) is 0 Å². The molecular formula is C22H14ClNO3S. The number of fused-ring (bicyclic) bond motifs is 2. The first-order valence-corrected chi connectivity index (χ1v) is 10.1. The predicted molar refractivity (Wildman–Crippen MR) is 111 cm³/mol. The largest absolute Gasteiger partial charge is 0.322 e. The molecule has 3 aromatic rings. The van der Waals surface area contributed by atoms with Gasteiger partial charge < -0.3 is 5.32 Å². The molecule has 0 radical (unpaired) electrons. The molecule has 0 saturated heterocycles. The fourth-order valence-corrected chi connectivity index (χ4v) is 4.19. The van der Waals surface area contributed by atoms with E-state index in [0.29, 0.717) is 43.4 Å². The number of carbonyl (C=O) groups is 3. The fraction of sp³-hybridized carbons (Fsp3) is 0.0455. The van der Waals surface area contributed by atoms with E-state index in [9.17, 15) is 14.4 Å². The second-order valence-corrected chi connectivity index (χ2v) is 7.49. The molecule has 1 aliphatic carbocycles. The van der Waals surface area contributed by atoms with E-state index in [1.165, 1.54) is 11.8 Å². The molecule has 138 valence electrons. The van der Waals surface area contributed by atoms with Crippen LogP contribution in [0.25, 0.3) is 0 Å². The summed E-state index contributed by atoms with van der Waals surface area (Å²) >= 11 is 7.15. The van der Waals surface area contributed by atoms with Crippen molar-refractivity contribution >= 4 is 46.5 Å². The zero-order chi connectivity index (χ0) is 19.8. The lowest BCUT2D eigenvalue weighted by Gasteiger charge is -2.21. The lowest BCUT2D eigenvalue weighted by atomic mass is 9.83. The van der Waals surface area contributed by atoms with Crippen LogP contribution in [0.2, 0.25) is 5.02 Å². The van der Waals surface area contributed by atoms with Gasteiger partial charge in [-0.2, -0.15) is 0 Å².